The average Bonchev–Trinajstić information content (AvgIpc) is 2.80. The molecular weight excluding hydrogens is 466 g/mol. The standard InChI is InChI=1S/C25H25ClF2N2O4/c1-14(31)30-12-17-11-18(22(25(32)33)21(13-30)29-17)16-6-4-15(5-7-16)3-2-10-34-24-20(28)9-8-19(27)23(24)26/h4-9,17,21,29H,2-3,10-13H2,1H3,(H,32,33)/t17-,21-/m1/s1. The first-order valence-electron chi connectivity index (χ1n) is 11.1. The normalized spacial score (nSPS) is 19.8. The van der Waals surface area contributed by atoms with Crippen molar-refractivity contribution >= 4 is 29.1 Å². The summed E-state index contributed by atoms with van der Waals surface area (Å²) in [7, 11) is 0. The van der Waals surface area contributed by atoms with Crippen LogP contribution < -0.4 is 10.1 Å². The number of rotatable bonds is 7. The number of nitrogens with zero attached hydrogens (tertiary/aromatic N) is 1. The SMILES string of the molecule is CC(=O)N1C[C@H]2CC(c3ccc(CCCOc4c(F)ccc(F)c4Cl)cc3)=C(C(=O)O)[C@@H](C1)N2. The lowest BCUT2D eigenvalue weighted by Gasteiger charge is -2.43. The number of carbonyl (C=O) groups excluding carboxylic acids is 1. The Kier molecular flexibility index (Phi) is 7.19. The van der Waals surface area contributed by atoms with Crippen LogP contribution in [0.3, 0.4) is 0 Å². The van der Waals surface area contributed by atoms with Gasteiger partial charge in [-0.1, -0.05) is 35.9 Å². The van der Waals surface area contributed by atoms with Gasteiger partial charge in [0.05, 0.1) is 18.2 Å². The number of ether oxygens (including phenoxy) is 1. The predicted molar refractivity (Wildman–Crippen MR) is 124 cm³/mol. The Morgan fingerprint density at radius 3 is 2.53 bits per heavy atom. The Morgan fingerprint density at radius 2 is 1.85 bits per heavy atom. The van der Waals surface area contributed by atoms with Crippen LogP contribution in [-0.2, 0) is 16.0 Å². The van der Waals surface area contributed by atoms with E-state index in [4.69, 9.17) is 16.3 Å². The Balaban J connectivity index is 1.42. The highest BCUT2D eigenvalue weighted by Gasteiger charge is 2.39. The lowest BCUT2D eigenvalue weighted by molar-refractivity contribution is -0.135. The van der Waals surface area contributed by atoms with E-state index in [0.717, 1.165) is 28.8 Å². The summed E-state index contributed by atoms with van der Waals surface area (Å²) in [5.74, 6) is -2.78. The topological polar surface area (TPSA) is 78.9 Å². The largest absolute Gasteiger partial charge is 0.489 e. The molecule has 2 aliphatic heterocycles. The first-order chi connectivity index (χ1) is 16.2. The maximum absolute atomic E-state index is 13.8. The van der Waals surface area contributed by atoms with E-state index in [1.807, 2.05) is 24.3 Å². The highest BCUT2D eigenvalue weighted by atomic mass is 35.5. The molecule has 1 fully saturated rings. The predicted octanol–water partition coefficient (Wildman–Crippen LogP) is 4.06. The zero-order valence-electron chi connectivity index (χ0n) is 18.6. The van der Waals surface area contributed by atoms with E-state index in [-0.39, 0.29) is 29.3 Å². The van der Waals surface area contributed by atoms with E-state index in [1.54, 1.807) is 4.90 Å². The summed E-state index contributed by atoms with van der Waals surface area (Å²) >= 11 is 5.77. The molecule has 0 aromatic heterocycles. The summed E-state index contributed by atoms with van der Waals surface area (Å²) in [6.07, 6.45) is 1.72. The highest BCUT2D eigenvalue weighted by Crippen LogP contribution is 2.34. The van der Waals surface area contributed by atoms with Crippen molar-refractivity contribution in [3.8, 4) is 5.75 Å². The summed E-state index contributed by atoms with van der Waals surface area (Å²) in [5, 5.41) is 12.8. The van der Waals surface area contributed by atoms with Gasteiger partial charge in [0.15, 0.2) is 11.6 Å². The number of fused-ring (bicyclic) bond motifs is 2. The van der Waals surface area contributed by atoms with Gasteiger partial charge in [0.1, 0.15) is 10.8 Å². The first kappa shape index (κ1) is 24.2. The minimum absolute atomic E-state index is 0.00705. The molecule has 34 heavy (non-hydrogen) atoms. The van der Waals surface area contributed by atoms with Crippen molar-refractivity contribution in [2.75, 3.05) is 19.7 Å². The van der Waals surface area contributed by atoms with Crippen molar-refractivity contribution in [3.05, 3.63) is 69.8 Å². The van der Waals surface area contributed by atoms with Crippen molar-refractivity contribution < 1.29 is 28.2 Å². The van der Waals surface area contributed by atoms with Crippen LogP contribution in [0.4, 0.5) is 8.78 Å². The van der Waals surface area contributed by atoms with Gasteiger partial charge in [-0.3, -0.25) is 4.79 Å². The molecule has 2 aromatic rings. The first-order valence-corrected chi connectivity index (χ1v) is 11.5. The molecule has 2 heterocycles. The van der Waals surface area contributed by atoms with Crippen molar-refractivity contribution in [3.63, 3.8) is 0 Å². The summed E-state index contributed by atoms with van der Waals surface area (Å²) in [6.45, 7) is 2.55. The number of carboxylic acids is 1. The molecule has 2 bridgehead atoms. The van der Waals surface area contributed by atoms with Gasteiger partial charge in [0, 0.05) is 26.1 Å². The highest BCUT2D eigenvalue weighted by molar-refractivity contribution is 6.32. The van der Waals surface area contributed by atoms with Crippen molar-refractivity contribution in [1.82, 2.24) is 10.2 Å². The summed E-state index contributed by atoms with van der Waals surface area (Å²) < 4.78 is 32.6. The second kappa shape index (κ2) is 10.1. The third-order valence-corrected chi connectivity index (χ3v) is 6.59. The number of carbonyl (C=O) groups is 2. The fraction of sp³-hybridized carbons (Fsp3) is 0.360. The van der Waals surface area contributed by atoms with Gasteiger partial charge in [-0.05, 0) is 48.1 Å². The van der Waals surface area contributed by atoms with Crippen LogP contribution in [0.15, 0.2) is 42.0 Å². The van der Waals surface area contributed by atoms with Gasteiger partial charge in [-0.15, -0.1) is 0 Å². The van der Waals surface area contributed by atoms with Crippen LogP contribution in [0.2, 0.25) is 5.02 Å². The van der Waals surface area contributed by atoms with Crippen LogP contribution in [0.5, 0.6) is 5.75 Å². The molecule has 0 radical (unpaired) electrons. The molecule has 2 N–H and O–H groups in total. The quantitative estimate of drug-likeness (QED) is 0.452. The molecule has 6 nitrogen and oxygen atoms in total. The number of halogens is 3. The van der Waals surface area contributed by atoms with E-state index in [1.165, 1.54) is 6.92 Å². The molecule has 2 atom stereocenters. The van der Waals surface area contributed by atoms with Crippen LogP contribution in [0.1, 0.15) is 30.9 Å². The number of nitrogens with one attached hydrogen (secondary N) is 1. The van der Waals surface area contributed by atoms with E-state index in [0.29, 0.717) is 37.9 Å². The van der Waals surface area contributed by atoms with Crippen molar-refractivity contribution in [1.29, 1.82) is 0 Å². The Morgan fingerprint density at radius 1 is 1.15 bits per heavy atom. The number of carboxylic acid groups (broad SMARTS) is 1. The lowest BCUT2D eigenvalue weighted by Crippen LogP contribution is -2.61. The molecule has 180 valence electrons. The molecular formula is C25H25ClF2N2O4. The van der Waals surface area contributed by atoms with Crippen LogP contribution in [0.25, 0.3) is 5.57 Å². The third kappa shape index (κ3) is 5.08. The number of hydrogen-bond donors (Lipinski definition) is 2. The lowest BCUT2D eigenvalue weighted by atomic mass is 9.83. The monoisotopic (exact) mass is 490 g/mol. The molecule has 2 aromatic carbocycles. The number of piperazine rings is 1. The minimum atomic E-state index is -0.985. The van der Waals surface area contributed by atoms with E-state index >= 15 is 0 Å². The molecule has 1 saturated heterocycles. The van der Waals surface area contributed by atoms with Crippen molar-refractivity contribution in [2.24, 2.45) is 0 Å². The van der Waals surface area contributed by atoms with E-state index in [2.05, 4.69) is 5.32 Å². The molecule has 1 amide bonds. The van der Waals surface area contributed by atoms with Gasteiger partial charge < -0.3 is 20.1 Å². The number of hydrogen-bond acceptors (Lipinski definition) is 4. The molecule has 2 aliphatic rings. The zero-order valence-corrected chi connectivity index (χ0v) is 19.4. The second-order valence-corrected chi connectivity index (χ2v) is 8.94. The molecule has 0 unspecified atom stereocenters. The Bertz CT molecular complexity index is 1140. The smallest absolute Gasteiger partial charge is 0.333 e. The second-order valence-electron chi connectivity index (χ2n) is 8.56. The zero-order chi connectivity index (χ0) is 24.4. The summed E-state index contributed by atoms with van der Waals surface area (Å²) in [5.41, 5.74) is 2.94. The van der Waals surface area contributed by atoms with Gasteiger partial charge in [0.25, 0.3) is 0 Å². The van der Waals surface area contributed by atoms with Gasteiger partial charge in [0.2, 0.25) is 5.91 Å². The number of benzene rings is 2. The third-order valence-electron chi connectivity index (χ3n) is 6.24. The molecule has 0 spiro atoms. The average molecular weight is 491 g/mol. The minimum Gasteiger partial charge on any atom is -0.489 e. The summed E-state index contributed by atoms with van der Waals surface area (Å²) in [6, 6.07) is 9.19. The molecule has 0 aliphatic carbocycles. The Hall–Kier alpha value is -2.97. The number of aliphatic carboxylic acids is 1. The maximum atomic E-state index is 13.8. The van der Waals surface area contributed by atoms with E-state index in [9.17, 15) is 23.5 Å². The maximum Gasteiger partial charge on any atom is 0.333 e. The van der Waals surface area contributed by atoms with Gasteiger partial charge >= 0.3 is 5.97 Å². The van der Waals surface area contributed by atoms with Crippen molar-refractivity contribution in [2.45, 2.75) is 38.3 Å². The summed E-state index contributed by atoms with van der Waals surface area (Å²) in [4.78, 5) is 25.6. The molecule has 0 saturated carbocycles. The Labute approximate surface area is 201 Å². The van der Waals surface area contributed by atoms with Crippen LogP contribution in [0, 0.1) is 11.6 Å². The molecule has 4 rings (SSSR count). The molecule has 9 heteroatoms. The fourth-order valence-electron chi connectivity index (χ4n) is 4.59. The van der Waals surface area contributed by atoms with Crippen LogP contribution in [-0.4, -0.2) is 53.7 Å². The fourth-order valence-corrected chi connectivity index (χ4v) is 4.80. The van der Waals surface area contributed by atoms with E-state index < -0.39 is 23.6 Å². The number of amides is 1. The van der Waals surface area contributed by atoms with Crippen LogP contribution >= 0.6 is 11.6 Å². The van der Waals surface area contributed by atoms with Gasteiger partial charge in [-0.25, -0.2) is 13.6 Å². The van der Waals surface area contributed by atoms with Gasteiger partial charge in [-0.2, -0.15) is 0 Å². The number of aryl methyl sites for hydroxylation is 1.